The first kappa shape index (κ1) is 20.3. The van der Waals surface area contributed by atoms with Gasteiger partial charge in [-0.25, -0.2) is 0 Å². The van der Waals surface area contributed by atoms with Crippen LogP contribution in [0.1, 0.15) is 53.4 Å². The van der Waals surface area contributed by atoms with Crippen molar-refractivity contribution >= 4 is 14.3 Å². The van der Waals surface area contributed by atoms with Gasteiger partial charge in [-0.1, -0.05) is 32.9 Å². The Balaban J connectivity index is 4.71. The van der Waals surface area contributed by atoms with Gasteiger partial charge >= 0.3 is 5.97 Å². The normalized spacial score (nSPS) is 16.1. The fourth-order valence-electron chi connectivity index (χ4n) is 1.63. The molecule has 0 spiro atoms. The second-order valence-corrected chi connectivity index (χ2v) is 12.0. The summed E-state index contributed by atoms with van der Waals surface area (Å²) in [5, 5.41) is 18.2. The monoisotopic (exact) mass is 316 g/mol. The molecule has 0 heterocycles. The number of hydrogen-bond donors (Lipinski definition) is 2. The summed E-state index contributed by atoms with van der Waals surface area (Å²) in [6, 6.07) is 0. The van der Waals surface area contributed by atoms with Gasteiger partial charge in [0.05, 0.1) is 12.2 Å². The van der Waals surface area contributed by atoms with Gasteiger partial charge in [0.15, 0.2) is 8.32 Å². The predicted octanol–water partition coefficient (Wildman–Crippen LogP) is 3.96. The van der Waals surface area contributed by atoms with Crippen molar-refractivity contribution in [2.75, 3.05) is 0 Å². The Labute approximate surface area is 130 Å². The molecule has 2 atom stereocenters. The Morgan fingerprint density at radius 1 is 1.33 bits per heavy atom. The van der Waals surface area contributed by atoms with Gasteiger partial charge in [0.1, 0.15) is 0 Å². The van der Waals surface area contributed by atoms with Crippen LogP contribution in [-0.2, 0) is 9.22 Å². The second-order valence-electron chi connectivity index (χ2n) is 7.22. The molecular formula is C16H32O4Si. The van der Waals surface area contributed by atoms with E-state index in [4.69, 9.17) is 9.53 Å². The Hall–Kier alpha value is -0.653. The minimum atomic E-state index is -1.88. The van der Waals surface area contributed by atoms with Crippen LogP contribution in [0.2, 0.25) is 18.1 Å². The predicted molar refractivity (Wildman–Crippen MR) is 89.0 cm³/mol. The SMILES string of the molecule is C[C@@H](O)C/C=C/[C@@H](CCCC(=O)O)O[Si](C)(C)C(C)(C)C. The van der Waals surface area contributed by atoms with E-state index in [1.54, 1.807) is 6.92 Å². The molecule has 0 rings (SSSR count). The first-order valence-electron chi connectivity index (χ1n) is 7.70. The molecule has 0 saturated heterocycles. The Morgan fingerprint density at radius 2 is 1.90 bits per heavy atom. The highest BCUT2D eigenvalue weighted by atomic mass is 28.4. The molecule has 0 fully saturated rings. The van der Waals surface area contributed by atoms with Gasteiger partial charge in [-0.05, 0) is 44.3 Å². The summed E-state index contributed by atoms with van der Waals surface area (Å²) < 4.78 is 6.34. The van der Waals surface area contributed by atoms with Crippen molar-refractivity contribution in [3.8, 4) is 0 Å². The van der Waals surface area contributed by atoms with Crippen LogP contribution in [0.4, 0.5) is 0 Å². The summed E-state index contributed by atoms with van der Waals surface area (Å²) in [5.74, 6) is -0.769. The number of hydrogen-bond acceptors (Lipinski definition) is 3. The quantitative estimate of drug-likeness (QED) is 0.499. The van der Waals surface area contributed by atoms with Crippen LogP contribution in [-0.4, -0.2) is 36.7 Å². The van der Waals surface area contributed by atoms with Gasteiger partial charge in [0.2, 0.25) is 0 Å². The van der Waals surface area contributed by atoms with E-state index in [0.717, 1.165) is 0 Å². The van der Waals surface area contributed by atoms with Gasteiger partial charge in [0, 0.05) is 6.42 Å². The Bertz CT molecular complexity index is 343. The van der Waals surface area contributed by atoms with Crippen LogP contribution in [0.15, 0.2) is 12.2 Å². The average Bonchev–Trinajstić information content (AvgIpc) is 2.25. The summed E-state index contributed by atoms with van der Waals surface area (Å²) in [5.41, 5.74) is 0. The number of aliphatic hydroxyl groups excluding tert-OH is 1. The first-order chi connectivity index (χ1) is 9.45. The number of carboxylic acid groups (broad SMARTS) is 1. The molecule has 0 amide bonds. The fraction of sp³-hybridized carbons (Fsp3) is 0.812. The molecule has 2 N–H and O–H groups in total. The van der Waals surface area contributed by atoms with E-state index in [-0.39, 0.29) is 23.7 Å². The van der Waals surface area contributed by atoms with E-state index in [1.807, 2.05) is 12.2 Å². The maximum atomic E-state index is 10.6. The maximum Gasteiger partial charge on any atom is 0.303 e. The van der Waals surface area contributed by atoms with E-state index >= 15 is 0 Å². The standard InChI is InChI=1S/C16H32O4Si/c1-13(17)9-7-10-14(11-8-12-15(18)19)20-21(5,6)16(2,3)4/h7,10,13-14,17H,8-9,11-12H2,1-6H3,(H,18,19)/b10-7+/t13-,14+/m1/s1. The van der Waals surface area contributed by atoms with Crippen molar-refractivity contribution < 1.29 is 19.4 Å². The molecule has 0 aromatic heterocycles. The number of carbonyl (C=O) groups is 1. The third-order valence-electron chi connectivity index (χ3n) is 3.96. The molecule has 21 heavy (non-hydrogen) atoms. The summed E-state index contributed by atoms with van der Waals surface area (Å²) in [7, 11) is -1.88. The smallest absolute Gasteiger partial charge is 0.303 e. The minimum Gasteiger partial charge on any atom is -0.481 e. The molecule has 0 bridgehead atoms. The van der Waals surface area contributed by atoms with E-state index < -0.39 is 14.3 Å². The number of aliphatic hydroxyl groups is 1. The van der Waals surface area contributed by atoms with Crippen molar-refractivity contribution in [2.45, 2.75) is 83.7 Å². The highest BCUT2D eigenvalue weighted by Gasteiger charge is 2.38. The van der Waals surface area contributed by atoms with Gasteiger partial charge in [-0.15, -0.1) is 0 Å². The summed E-state index contributed by atoms with van der Waals surface area (Å²) in [6.07, 6.45) is 5.55. The average molecular weight is 317 g/mol. The summed E-state index contributed by atoms with van der Waals surface area (Å²) >= 11 is 0. The van der Waals surface area contributed by atoms with Crippen LogP contribution >= 0.6 is 0 Å². The van der Waals surface area contributed by atoms with Crippen LogP contribution in [0, 0.1) is 0 Å². The Kier molecular flexibility index (Phi) is 8.44. The zero-order valence-electron chi connectivity index (χ0n) is 14.3. The van der Waals surface area contributed by atoms with E-state index in [0.29, 0.717) is 19.3 Å². The lowest BCUT2D eigenvalue weighted by Crippen LogP contribution is -2.43. The molecule has 0 aromatic carbocycles. The Morgan fingerprint density at radius 3 is 2.33 bits per heavy atom. The zero-order chi connectivity index (χ0) is 16.7. The van der Waals surface area contributed by atoms with E-state index in [9.17, 15) is 9.90 Å². The lowest BCUT2D eigenvalue weighted by atomic mass is 10.1. The number of aliphatic carboxylic acids is 1. The topological polar surface area (TPSA) is 66.8 Å². The second kappa shape index (κ2) is 8.71. The molecule has 0 saturated carbocycles. The maximum absolute atomic E-state index is 10.6. The molecule has 0 aliphatic rings. The molecular weight excluding hydrogens is 284 g/mol. The fourth-order valence-corrected chi connectivity index (χ4v) is 2.94. The molecule has 0 aliphatic carbocycles. The van der Waals surface area contributed by atoms with Crippen molar-refractivity contribution in [1.29, 1.82) is 0 Å². The van der Waals surface area contributed by atoms with Crippen molar-refractivity contribution in [3.63, 3.8) is 0 Å². The first-order valence-corrected chi connectivity index (χ1v) is 10.6. The van der Waals surface area contributed by atoms with Crippen LogP contribution in [0.3, 0.4) is 0 Å². The number of rotatable bonds is 9. The van der Waals surface area contributed by atoms with Crippen LogP contribution < -0.4 is 0 Å². The molecule has 4 nitrogen and oxygen atoms in total. The lowest BCUT2D eigenvalue weighted by molar-refractivity contribution is -0.137. The van der Waals surface area contributed by atoms with E-state index in [1.165, 1.54) is 0 Å². The highest BCUT2D eigenvalue weighted by molar-refractivity contribution is 6.74. The zero-order valence-corrected chi connectivity index (χ0v) is 15.3. The highest BCUT2D eigenvalue weighted by Crippen LogP contribution is 2.37. The third kappa shape index (κ3) is 9.06. The van der Waals surface area contributed by atoms with Crippen LogP contribution in [0.25, 0.3) is 0 Å². The molecule has 0 aliphatic heterocycles. The van der Waals surface area contributed by atoms with Crippen LogP contribution in [0.5, 0.6) is 0 Å². The van der Waals surface area contributed by atoms with Crippen molar-refractivity contribution in [2.24, 2.45) is 0 Å². The number of carboxylic acids is 1. The molecule has 0 aromatic rings. The third-order valence-corrected chi connectivity index (χ3v) is 8.46. The molecule has 124 valence electrons. The minimum absolute atomic E-state index is 0.0657. The molecule has 0 unspecified atom stereocenters. The van der Waals surface area contributed by atoms with Gasteiger partial charge < -0.3 is 14.6 Å². The summed E-state index contributed by atoms with van der Waals surface area (Å²) in [6.45, 7) is 12.7. The van der Waals surface area contributed by atoms with Crippen molar-refractivity contribution in [3.05, 3.63) is 12.2 Å². The molecule has 0 radical (unpaired) electrons. The van der Waals surface area contributed by atoms with Gasteiger partial charge in [-0.2, -0.15) is 0 Å². The van der Waals surface area contributed by atoms with Crippen molar-refractivity contribution in [1.82, 2.24) is 0 Å². The van der Waals surface area contributed by atoms with E-state index in [2.05, 4.69) is 33.9 Å². The lowest BCUT2D eigenvalue weighted by Gasteiger charge is -2.38. The van der Waals surface area contributed by atoms with Gasteiger partial charge in [-0.3, -0.25) is 4.79 Å². The largest absolute Gasteiger partial charge is 0.481 e. The molecule has 5 heteroatoms. The summed E-state index contributed by atoms with van der Waals surface area (Å²) in [4.78, 5) is 10.6. The van der Waals surface area contributed by atoms with Gasteiger partial charge in [0.25, 0.3) is 0 Å².